The molecular formula is C15H12ClIO. The molecule has 0 radical (unpaired) electrons. The first-order valence-electron chi connectivity index (χ1n) is 5.56. The van der Waals surface area contributed by atoms with Crippen LogP contribution in [0, 0.1) is 17.4 Å². The molecule has 0 amide bonds. The zero-order chi connectivity index (χ0) is 13.3. The van der Waals surface area contributed by atoms with Crippen LogP contribution in [0.3, 0.4) is 0 Å². The highest BCUT2D eigenvalue weighted by Crippen LogP contribution is 2.24. The molecule has 0 aliphatic rings. The monoisotopic (exact) mass is 370 g/mol. The first kappa shape index (κ1) is 13.6. The predicted octanol–water partition coefficient (Wildman–Crippen LogP) is 4.79. The Hall–Kier alpha value is -0.870. The molecule has 92 valence electrons. The Morgan fingerprint density at radius 1 is 1.06 bits per heavy atom. The van der Waals surface area contributed by atoms with E-state index in [0.717, 1.165) is 25.8 Å². The number of carbonyl (C=O) groups excluding carboxylic acids is 1. The van der Waals surface area contributed by atoms with Gasteiger partial charge >= 0.3 is 0 Å². The summed E-state index contributed by atoms with van der Waals surface area (Å²) >= 11 is 8.24. The molecule has 0 heterocycles. The van der Waals surface area contributed by atoms with Crippen molar-refractivity contribution in [3.05, 3.63) is 67.2 Å². The van der Waals surface area contributed by atoms with E-state index in [2.05, 4.69) is 22.6 Å². The van der Waals surface area contributed by atoms with Crippen LogP contribution in [-0.2, 0) is 0 Å². The molecule has 0 fully saturated rings. The lowest BCUT2D eigenvalue weighted by molar-refractivity contribution is 0.103. The van der Waals surface area contributed by atoms with E-state index in [1.807, 2.05) is 50.2 Å². The lowest BCUT2D eigenvalue weighted by Crippen LogP contribution is -2.06. The minimum atomic E-state index is 0.0530. The summed E-state index contributed by atoms with van der Waals surface area (Å²) in [5.74, 6) is 0.0530. The summed E-state index contributed by atoms with van der Waals surface area (Å²) in [6.45, 7) is 3.82. The van der Waals surface area contributed by atoms with E-state index < -0.39 is 0 Å². The summed E-state index contributed by atoms with van der Waals surface area (Å²) in [6.07, 6.45) is 0. The van der Waals surface area contributed by atoms with Crippen molar-refractivity contribution in [2.75, 3.05) is 0 Å². The largest absolute Gasteiger partial charge is 0.289 e. The fraction of sp³-hybridized carbons (Fsp3) is 0.133. The van der Waals surface area contributed by atoms with Gasteiger partial charge in [-0.2, -0.15) is 0 Å². The van der Waals surface area contributed by atoms with Gasteiger partial charge in [0.25, 0.3) is 0 Å². The smallest absolute Gasteiger partial charge is 0.194 e. The van der Waals surface area contributed by atoms with Gasteiger partial charge in [-0.15, -0.1) is 0 Å². The molecule has 0 saturated heterocycles. The lowest BCUT2D eigenvalue weighted by Gasteiger charge is -2.09. The molecule has 3 heteroatoms. The van der Waals surface area contributed by atoms with Crippen molar-refractivity contribution in [2.45, 2.75) is 13.8 Å². The maximum Gasteiger partial charge on any atom is 0.194 e. The number of carbonyl (C=O) groups is 1. The van der Waals surface area contributed by atoms with Gasteiger partial charge in [0.2, 0.25) is 0 Å². The van der Waals surface area contributed by atoms with E-state index in [4.69, 9.17) is 11.6 Å². The molecule has 0 atom stereocenters. The number of benzene rings is 2. The summed E-state index contributed by atoms with van der Waals surface area (Å²) in [4.78, 5) is 12.5. The zero-order valence-electron chi connectivity index (χ0n) is 10.1. The maximum absolute atomic E-state index is 12.5. The van der Waals surface area contributed by atoms with Gasteiger partial charge < -0.3 is 0 Å². The summed E-state index contributed by atoms with van der Waals surface area (Å²) in [5.41, 5.74) is 3.30. The van der Waals surface area contributed by atoms with Crippen LogP contribution in [0.15, 0.2) is 36.4 Å². The van der Waals surface area contributed by atoms with Crippen molar-refractivity contribution >= 4 is 40.0 Å². The van der Waals surface area contributed by atoms with Gasteiger partial charge in [0, 0.05) is 19.7 Å². The quantitative estimate of drug-likeness (QED) is 0.548. The van der Waals surface area contributed by atoms with Crippen LogP contribution in [0.2, 0.25) is 5.02 Å². The topological polar surface area (TPSA) is 17.1 Å². The third-order valence-corrected chi connectivity index (χ3v) is 4.22. The van der Waals surface area contributed by atoms with E-state index in [-0.39, 0.29) is 5.78 Å². The van der Waals surface area contributed by atoms with Gasteiger partial charge in [-0.1, -0.05) is 23.7 Å². The Morgan fingerprint density at radius 2 is 1.72 bits per heavy atom. The number of hydrogen-bond donors (Lipinski definition) is 0. The third kappa shape index (κ3) is 2.59. The van der Waals surface area contributed by atoms with Gasteiger partial charge in [0.05, 0.1) is 0 Å². The Morgan fingerprint density at radius 3 is 2.39 bits per heavy atom. The highest BCUT2D eigenvalue weighted by Gasteiger charge is 2.15. The molecule has 18 heavy (non-hydrogen) atoms. The molecule has 0 aromatic heterocycles. The minimum absolute atomic E-state index is 0.0530. The van der Waals surface area contributed by atoms with Crippen molar-refractivity contribution in [1.29, 1.82) is 0 Å². The van der Waals surface area contributed by atoms with Crippen molar-refractivity contribution in [2.24, 2.45) is 0 Å². The van der Waals surface area contributed by atoms with E-state index in [0.29, 0.717) is 5.02 Å². The first-order chi connectivity index (χ1) is 8.50. The fourth-order valence-corrected chi connectivity index (χ4v) is 2.67. The minimum Gasteiger partial charge on any atom is -0.289 e. The highest BCUT2D eigenvalue weighted by atomic mass is 127. The normalized spacial score (nSPS) is 10.4. The second kappa shape index (κ2) is 5.41. The maximum atomic E-state index is 12.5. The fourth-order valence-electron chi connectivity index (χ4n) is 1.82. The Balaban J connectivity index is 2.53. The van der Waals surface area contributed by atoms with E-state index >= 15 is 0 Å². The zero-order valence-corrected chi connectivity index (χ0v) is 13.0. The van der Waals surface area contributed by atoms with Crippen molar-refractivity contribution in [3.63, 3.8) is 0 Å². The summed E-state index contributed by atoms with van der Waals surface area (Å²) in [7, 11) is 0. The van der Waals surface area contributed by atoms with Crippen LogP contribution >= 0.6 is 34.2 Å². The van der Waals surface area contributed by atoms with Gasteiger partial charge in [-0.05, 0) is 71.8 Å². The summed E-state index contributed by atoms with van der Waals surface area (Å²) in [6, 6.07) is 11.3. The van der Waals surface area contributed by atoms with Crippen LogP contribution < -0.4 is 0 Å². The molecule has 0 unspecified atom stereocenters. The standard InChI is InChI=1S/C15H12ClIO/c1-9-8-13(16)10(2)7-12(9)15(18)11-5-3-4-6-14(11)17/h3-8H,1-2H3. The summed E-state index contributed by atoms with van der Waals surface area (Å²) in [5, 5.41) is 0.701. The molecule has 2 aromatic carbocycles. The van der Waals surface area contributed by atoms with Crippen LogP contribution in [0.1, 0.15) is 27.0 Å². The molecule has 2 rings (SSSR count). The molecule has 0 spiro atoms. The van der Waals surface area contributed by atoms with Crippen molar-refractivity contribution in [1.82, 2.24) is 0 Å². The number of halogens is 2. The summed E-state index contributed by atoms with van der Waals surface area (Å²) < 4.78 is 0.965. The second-order valence-corrected chi connectivity index (χ2v) is 5.79. The predicted molar refractivity (Wildman–Crippen MR) is 83.5 cm³/mol. The molecule has 0 bridgehead atoms. The lowest BCUT2D eigenvalue weighted by atomic mass is 9.97. The molecular weight excluding hydrogens is 359 g/mol. The van der Waals surface area contributed by atoms with E-state index in [1.165, 1.54) is 0 Å². The van der Waals surface area contributed by atoms with Gasteiger partial charge in [0.15, 0.2) is 5.78 Å². The number of hydrogen-bond acceptors (Lipinski definition) is 1. The SMILES string of the molecule is Cc1cc(C(=O)c2ccccc2I)c(C)cc1Cl. The number of ketones is 1. The first-order valence-corrected chi connectivity index (χ1v) is 7.02. The Bertz CT molecular complexity index is 620. The highest BCUT2D eigenvalue weighted by molar-refractivity contribution is 14.1. The Labute approximate surface area is 125 Å². The van der Waals surface area contributed by atoms with Gasteiger partial charge in [-0.3, -0.25) is 4.79 Å². The molecule has 0 saturated carbocycles. The van der Waals surface area contributed by atoms with Crippen LogP contribution in [0.25, 0.3) is 0 Å². The van der Waals surface area contributed by atoms with Gasteiger partial charge in [-0.25, -0.2) is 0 Å². The molecule has 0 aliphatic heterocycles. The molecule has 2 aromatic rings. The molecule has 1 nitrogen and oxygen atoms in total. The number of aryl methyl sites for hydroxylation is 2. The van der Waals surface area contributed by atoms with E-state index in [9.17, 15) is 4.79 Å². The van der Waals surface area contributed by atoms with Crippen molar-refractivity contribution < 1.29 is 4.79 Å². The van der Waals surface area contributed by atoms with Crippen LogP contribution in [-0.4, -0.2) is 5.78 Å². The second-order valence-electron chi connectivity index (χ2n) is 4.23. The Kier molecular flexibility index (Phi) is 4.07. The van der Waals surface area contributed by atoms with Crippen LogP contribution in [0.5, 0.6) is 0 Å². The average molecular weight is 371 g/mol. The molecule has 0 N–H and O–H groups in total. The van der Waals surface area contributed by atoms with E-state index in [1.54, 1.807) is 0 Å². The van der Waals surface area contributed by atoms with Gasteiger partial charge in [0.1, 0.15) is 0 Å². The number of rotatable bonds is 2. The van der Waals surface area contributed by atoms with Crippen molar-refractivity contribution in [3.8, 4) is 0 Å². The molecule has 0 aliphatic carbocycles. The third-order valence-electron chi connectivity index (χ3n) is 2.87. The van der Waals surface area contributed by atoms with Crippen LogP contribution in [0.4, 0.5) is 0 Å². The average Bonchev–Trinajstić information content (AvgIpc) is 2.33.